The molecule has 124 valence electrons. The van der Waals surface area contributed by atoms with Crippen molar-refractivity contribution in [2.24, 2.45) is 0 Å². The summed E-state index contributed by atoms with van der Waals surface area (Å²) in [4.78, 5) is 0. The number of benzene rings is 3. The first-order valence-corrected chi connectivity index (χ1v) is 8.18. The zero-order chi connectivity index (χ0) is 18.2. The monoisotopic (exact) mass is 336 g/mol. The van der Waals surface area contributed by atoms with Gasteiger partial charge in [0.25, 0.3) is 0 Å². The molecule has 0 aliphatic heterocycles. The van der Waals surface area contributed by atoms with Crippen LogP contribution in [0.2, 0.25) is 0 Å². The van der Waals surface area contributed by atoms with E-state index in [1.165, 1.54) is 0 Å². The maximum Gasteiger partial charge on any atom is 0.127 e. The highest BCUT2D eigenvalue weighted by molar-refractivity contribution is 5.90. The second-order valence-electron chi connectivity index (χ2n) is 5.67. The van der Waals surface area contributed by atoms with E-state index in [1.54, 1.807) is 24.3 Å². The van der Waals surface area contributed by atoms with Gasteiger partial charge in [-0.05, 0) is 35.4 Å². The van der Waals surface area contributed by atoms with E-state index in [9.17, 15) is 5.26 Å². The van der Waals surface area contributed by atoms with E-state index in [1.807, 2.05) is 60.7 Å². The standard InChI is InChI=1S/C23H16N2O/c24-15-19-9-6-11-20(13-19)22(16-25)14-21-10-4-5-12-23(21)26-17-18-7-2-1-3-8-18/h1-14H,17H2. The lowest BCUT2D eigenvalue weighted by atomic mass is 10.0. The molecule has 0 aliphatic carbocycles. The van der Waals surface area contributed by atoms with Gasteiger partial charge < -0.3 is 4.74 Å². The van der Waals surface area contributed by atoms with Gasteiger partial charge in [-0.3, -0.25) is 0 Å². The van der Waals surface area contributed by atoms with Gasteiger partial charge in [0.2, 0.25) is 0 Å². The molecule has 3 aromatic rings. The summed E-state index contributed by atoms with van der Waals surface area (Å²) in [5.74, 6) is 0.709. The topological polar surface area (TPSA) is 56.8 Å². The van der Waals surface area contributed by atoms with Crippen molar-refractivity contribution in [2.45, 2.75) is 6.61 Å². The Kier molecular flexibility index (Phi) is 5.45. The van der Waals surface area contributed by atoms with Gasteiger partial charge in [0.15, 0.2) is 0 Å². The van der Waals surface area contributed by atoms with Crippen LogP contribution >= 0.6 is 0 Å². The SMILES string of the molecule is N#CC(=Cc1ccccc1OCc1ccccc1)c1cccc(C#N)c1. The minimum atomic E-state index is 0.456. The number of ether oxygens (including phenoxy) is 1. The average Bonchev–Trinajstić information content (AvgIpc) is 2.72. The molecule has 3 aromatic carbocycles. The van der Waals surface area contributed by atoms with Crippen LogP contribution < -0.4 is 4.74 Å². The number of hydrogen-bond donors (Lipinski definition) is 0. The van der Waals surface area contributed by atoms with Crippen molar-refractivity contribution in [2.75, 3.05) is 0 Å². The molecule has 0 bridgehead atoms. The predicted molar refractivity (Wildman–Crippen MR) is 102 cm³/mol. The maximum atomic E-state index is 9.56. The fourth-order valence-electron chi connectivity index (χ4n) is 2.56. The molecule has 26 heavy (non-hydrogen) atoms. The third-order valence-electron chi connectivity index (χ3n) is 3.88. The van der Waals surface area contributed by atoms with Crippen molar-refractivity contribution in [3.63, 3.8) is 0 Å². The van der Waals surface area contributed by atoms with Crippen molar-refractivity contribution in [1.29, 1.82) is 10.5 Å². The first kappa shape index (κ1) is 17.0. The van der Waals surface area contributed by atoms with Gasteiger partial charge in [-0.1, -0.05) is 60.7 Å². The van der Waals surface area contributed by atoms with E-state index in [0.29, 0.717) is 29.1 Å². The summed E-state index contributed by atoms with van der Waals surface area (Å²) >= 11 is 0. The zero-order valence-corrected chi connectivity index (χ0v) is 14.1. The smallest absolute Gasteiger partial charge is 0.127 e. The van der Waals surface area contributed by atoms with Crippen LogP contribution in [0, 0.1) is 22.7 Å². The summed E-state index contributed by atoms with van der Waals surface area (Å²) < 4.78 is 5.94. The van der Waals surface area contributed by atoms with Crippen LogP contribution in [0.3, 0.4) is 0 Å². The van der Waals surface area contributed by atoms with Crippen molar-refractivity contribution >= 4 is 11.6 Å². The van der Waals surface area contributed by atoms with Crippen LogP contribution in [0.25, 0.3) is 11.6 Å². The summed E-state index contributed by atoms with van der Waals surface area (Å²) in [5.41, 5.74) is 3.62. The second kappa shape index (κ2) is 8.33. The molecule has 0 amide bonds. The van der Waals surface area contributed by atoms with Crippen LogP contribution in [0.5, 0.6) is 5.75 Å². The number of allylic oxidation sites excluding steroid dienone is 1. The molecule has 3 heteroatoms. The molecule has 0 aromatic heterocycles. The molecule has 0 saturated carbocycles. The summed E-state index contributed by atoms with van der Waals surface area (Å²) in [6, 6.07) is 28.9. The number of para-hydroxylation sites is 1. The van der Waals surface area contributed by atoms with E-state index in [2.05, 4.69) is 12.1 Å². The zero-order valence-electron chi connectivity index (χ0n) is 14.1. The van der Waals surface area contributed by atoms with Crippen LogP contribution in [0.15, 0.2) is 78.9 Å². The quantitative estimate of drug-likeness (QED) is 0.475. The van der Waals surface area contributed by atoms with Gasteiger partial charge in [0.1, 0.15) is 12.4 Å². The molecule has 0 heterocycles. The minimum Gasteiger partial charge on any atom is -0.488 e. The van der Waals surface area contributed by atoms with E-state index in [4.69, 9.17) is 10.00 Å². The number of nitriles is 2. The summed E-state index contributed by atoms with van der Waals surface area (Å²) in [5, 5.41) is 18.6. The largest absolute Gasteiger partial charge is 0.488 e. The summed E-state index contributed by atoms with van der Waals surface area (Å²) in [6.07, 6.45) is 1.79. The van der Waals surface area contributed by atoms with Crippen molar-refractivity contribution in [1.82, 2.24) is 0 Å². The Morgan fingerprint density at radius 2 is 1.65 bits per heavy atom. The molecule has 3 rings (SSSR count). The Bertz CT molecular complexity index is 1010. The van der Waals surface area contributed by atoms with E-state index in [0.717, 1.165) is 11.1 Å². The predicted octanol–water partition coefficient (Wildman–Crippen LogP) is 5.20. The number of hydrogen-bond acceptors (Lipinski definition) is 3. The molecule has 0 atom stereocenters. The average molecular weight is 336 g/mol. The lowest BCUT2D eigenvalue weighted by Gasteiger charge is -2.10. The number of rotatable bonds is 5. The highest BCUT2D eigenvalue weighted by atomic mass is 16.5. The Labute approximate surface area is 153 Å². The fourth-order valence-corrected chi connectivity index (χ4v) is 2.56. The molecular formula is C23H16N2O. The molecule has 0 unspecified atom stereocenters. The highest BCUT2D eigenvalue weighted by Crippen LogP contribution is 2.25. The van der Waals surface area contributed by atoms with Gasteiger partial charge in [0, 0.05) is 5.56 Å². The molecule has 0 radical (unpaired) electrons. The van der Waals surface area contributed by atoms with Crippen LogP contribution in [-0.4, -0.2) is 0 Å². The Balaban J connectivity index is 1.89. The lowest BCUT2D eigenvalue weighted by molar-refractivity contribution is 0.305. The third kappa shape index (κ3) is 4.17. The number of nitrogens with zero attached hydrogens (tertiary/aromatic N) is 2. The van der Waals surface area contributed by atoms with Crippen LogP contribution in [0.1, 0.15) is 22.3 Å². The fraction of sp³-hybridized carbons (Fsp3) is 0.0435. The molecule has 0 saturated heterocycles. The maximum absolute atomic E-state index is 9.56. The molecular weight excluding hydrogens is 320 g/mol. The Morgan fingerprint density at radius 1 is 0.885 bits per heavy atom. The van der Waals surface area contributed by atoms with E-state index < -0.39 is 0 Å². The highest BCUT2D eigenvalue weighted by Gasteiger charge is 2.06. The third-order valence-corrected chi connectivity index (χ3v) is 3.88. The normalized spacial score (nSPS) is 10.6. The van der Waals surface area contributed by atoms with Gasteiger partial charge >= 0.3 is 0 Å². The van der Waals surface area contributed by atoms with E-state index >= 15 is 0 Å². The van der Waals surface area contributed by atoms with E-state index in [-0.39, 0.29) is 0 Å². The van der Waals surface area contributed by atoms with Crippen molar-refractivity contribution in [3.8, 4) is 17.9 Å². The summed E-state index contributed by atoms with van der Waals surface area (Å²) in [6.45, 7) is 0.456. The Morgan fingerprint density at radius 3 is 2.42 bits per heavy atom. The molecule has 0 aliphatic rings. The first-order valence-electron chi connectivity index (χ1n) is 8.18. The molecule has 0 N–H and O–H groups in total. The first-order chi connectivity index (χ1) is 12.8. The molecule has 3 nitrogen and oxygen atoms in total. The lowest BCUT2D eigenvalue weighted by Crippen LogP contribution is -1.96. The van der Waals surface area contributed by atoms with Gasteiger partial charge in [-0.25, -0.2) is 0 Å². The van der Waals surface area contributed by atoms with Crippen molar-refractivity contribution < 1.29 is 4.74 Å². The second-order valence-corrected chi connectivity index (χ2v) is 5.67. The Hall–Kier alpha value is -3.82. The summed E-state index contributed by atoms with van der Waals surface area (Å²) in [7, 11) is 0. The minimum absolute atomic E-state index is 0.456. The van der Waals surface area contributed by atoms with Crippen molar-refractivity contribution in [3.05, 3.63) is 101 Å². The molecule has 0 fully saturated rings. The van der Waals surface area contributed by atoms with Crippen LogP contribution in [-0.2, 0) is 6.61 Å². The molecule has 0 spiro atoms. The van der Waals surface area contributed by atoms with Gasteiger partial charge in [0.05, 0.1) is 23.3 Å². The van der Waals surface area contributed by atoms with Crippen LogP contribution in [0.4, 0.5) is 0 Å². The van der Waals surface area contributed by atoms with Gasteiger partial charge in [-0.2, -0.15) is 10.5 Å². The van der Waals surface area contributed by atoms with Gasteiger partial charge in [-0.15, -0.1) is 0 Å².